The number of rotatable bonds is 7. The van der Waals surface area contributed by atoms with Crippen LogP contribution in [0.25, 0.3) is 11.0 Å². The van der Waals surface area contributed by atoms with Gasteiger partial charge in [0.2, 0.25) is 0 Å². The zero-order valence-corrected chi connectivity index (χ0v) is 18.4. The monoisotopic (exact) mass is 430 g/mol. The lowest BCUT2D eigenvalue weighted by atomic mass is 10.1. The fraction of sp³-hybridized carbons (Fsp3) is 0.333. The summed E-state index contributed by atoms with van der Waals surface area (Å²) >= 11 is 0. The highest BCUT2D eigenvalue weighted by Crippen LogP contribution is 2.40. The molecule has 3 heterocycles. The molecule has 1 fully saturated rings. The molecular formula is C24H26N6O2. The first-order valence-corrected chi connectivity index (χ1v) is 10.9. The maximum Gasteiger partial charge on any atom is 0.256 e. The molecule has 8 heteroatoms. The van der Waals surface area contributed by atoms with E-state index < -0.39 is 0 Å². The van der Waals surface area contributed by atoms with Gasteiger partial charge in [-0.1, -0.05) is 0 Å². The molecule has 0 aliphatic heterocycles. The van der Waals surface area contributed by atoms with E-state index >= 15 is 0 Å². The smallest absolute Gasteiger partial charge is 0.256 e. The van der Waals surface area contributed by atoms with Gasteiger partial charge in [-0.05, 0) is 57.0 Å². The van der Waals surface area contributed by atoms with Crippen LogP contribution in [-0.2, 0) is 13.7 Å². The van der Waals surface area contributed by atoms with Gasteiger partial charge in [-0.15, -0.1) is 0 Å². The van der Waals surface area contributed by atoms with Crippen molar-refractivity contribution >= 4 is 22.6 Å². The largest absolute Gasteiger partial charge is 0.486 e. The van der Waals surface area contributed by atoms with E-state index in [2.05, 4.69) is 29.2 Å². The second kappa shape index (κ2) is 8.11. The van der Waals surface area contributed by atoms with Crippen LogP contribution in [0.2, 0.25) is 0 Å². The first-order chi connectivity index (χ1) is 15.5. The number of nitrogens with one attached hydrogen (secondary N) is 1. The topological polar surface area (TPSA) is 86.9 Å². The summed E-state index contributed by atoms with van der Waals surface area (Å²) in [7, 11) is 1.93. The highest BCUT2D eigenvalue weighted by molar-refractivity contribution is 6.12. The lowest BCUT2D eigenvalue weighted by Crippen LogP contribution is -2.14. The van der Waals surface area contributed by atoms with Crippen LogP contribution in [0.15, 0.2) is 48.9 Å². The number of benzene rings is 1. The lowest BCUT2D eigenvalue weighted by molar-refractivity contribution is 0.102. The van der Waals surface area contributed by atoms with Crippen molar-refractivity contribution < 1.29 is 9.53 Å². The van der Waals surface area contributed by atoms with Crippen molar-refractivity contribution in [3.8, 4) is 5.75 Å². The quantitative estimate of drug-likeness (QED) is 0.468. The molecule has 0 spiro atoms. The molecule has 32 heavy (non-hydrogen) atoms. The molecule has 1 aromatic carbocycles. The Bertz CT molecular complexity index is 1270. The van der Waals surface area contributed by atoms with Crippen molar-refractivity contribution in [2.75, 3.05) is 5.32 Å². The molecule has 0 radical (unpaired) electrons. The molecule has 1 saturated carbocycles. The Balaban J connectivity index is 1.35. The van der Waals surface area contributed by atoms with Crippen LogP contribution >= 0.6 is 0 Å². The van der Waals surface area contributed by atoms with Crippen molar-refractivity contribution in [1.82, 2.24) is 24.3 Å². The molecule has 8 nitrogen and oxygen atoms in total. The third-order valence-electron chi connectivity index (χ3n) is 5.72. The van der Waals surface area contributed by atoms with Gasteiger partial charge in [0.05, 0.1) is 17.1 Å². The molecule has 1 N–H and O–H groups in total. The van der Waals surface area contributed by atoms with Gasteiger partial charge < -0.3 is 14.6 Å². The second-order valence-corrected chi connectivity index (χ2v) is 8.51. The Morgan fingerprint density at radius 2 is 2.03 bits per heavy atom. The normalized spacial score (nSPS) is 13.6. The maximum absolute atomic E-state index is 13.2. The van der Waals surface area contributed by atoms with Crippen molar-refractivity contribution in [3.05, 3.63) is 66.0 Å². The van der Waals surface area contributed by atoms with Gasteiger partial charge in [-0.25, -0.2) is 14.6 Å². The zero-order chi connectivity index (χ0) is 22.2. The van der Waals surface area contributed by atoms with Gasteiger partial charge in [-0.3, -0.25) is 4.79 Å². The summed E-state index contributed by atoms with van der Waals surface area (Å²) < 4.78 is 9.59. The minimum absolute atomic E-state index is 0.163. The summed E-state index contributed by atoms with van der Waals surface area (Å²) in [5.41, 5.74) is 3.06. The Labute approximate surface area is 186 Å². The molecular weight excluding hydrogens is 404 g/mol. The number of amides is 1. The number of pyridine rings is 1. The minimum atomic E-state index is -0.163. The third kappa shape index (κ3) is 3.95. The van der Waals surface area contributed by atoms with Crippen LogP contribution in [-0.4, -0.2) is 30.2 Å². The first-order valence-electron chi connectivity index (χ1n) is 10.9. The van der Waals surface area contributed by atoms with Crippen molar-refractivity contribution in [2.45, 2.75) is 45.3 Å². The molecule has 1 aliphatic carbocycles. The third-order valence-corrected chi connectivity index (χ3v) is 5.72. The fourth-order valence-electron chi connectivity index (χ4n) is 3.71. The molecule has 5 rings (SSSR count). The van der Waals surface area contributed by atoms with Gasteiger partial charge in [0.25, 0.3) is 5.91 Å². The molecule has 3 aromatic heterocycles. The average molecular weight is 431 g/mol. The minimum Gasteiger partial charge on any atom is -0.486 e. The first kappa shape index (κ1) is 20.2. The van der Waals surface area contributed by atoms with Crippen LogP contribution in [0, 0.1) is 0 Å². The number of anilines is 1. The molecule has 164 valence electrons. The van der Waals surface area contributed by atoms with E-state index in [1.165, 1.54) is 0 Å². The molecule has 0 unspecified atom stereocenters. The van der Waals surface area contributed by atoms with Gasteiger partial charge in [0.1, 0.15) is 18.2 Å². The van der Waals surface area contributed by atoms with E-state index in [1.54, 1.807) is 12.4 Å². The van der Waals surface area contributed by atoms with Crippen LogP contribution in [0.3, 0.4) is 0 Å². The van der Waals surface area contributed by atoms with Crippen LogP contribution in [0.1, 0.15) is 60.5 Å². The standard InChI is InChI=1S/C24H26N6O2/c1-15(2)30-23-20(13-26-30)19(12-21(28-23)16-4-5-16)24(31)27-17-6-8-18(9-7-17)32-14-22-25-10-11-29(22)3/h6-13,15-16H,4-5,14H2,1-3H3,(H,27,31). The van der Waals surface area contributed by atoms with Crippen LogP contribution in [0.5, 0.6) is 5.75 Å². The van der Waals surface area contributed by atoms with Crippen molar-refractivity contribution in [1.29, 1.82) is 0 Å². The molecule has 1 aliphatic rings. The predicted molar refractivity (Wildman–Crippen MR) is 122 cm³/mol. The number of carbonyl (C=O) groups excluding carboxylic acids is 1. The average Bonchev–Trinajstić information content (AvgIpc) is 3.41. The molecule has 1 amide bonds. The lowest BCUT2D eigenvalue weighted by Gasteiger charge is -2.11. The van der Waals surface area contributed by atoms with Gasteiger partial charge in [0, 0.05) is 42.8 Å². The summed E-state index contributed by atoms with van der Waals surface area (Å²) in [4.78, 5) is 22.3. The number of nitrogens with zero attached hydrogens (tertiary/aromatic N) is 5. The Kier molecular flexibility index (Phi) is 5.13. The number of aromatic nitrogens is 5. The number of ether oxygens (including phenoxy) is 1. The van der Waals surface area contributed by atoms with Gasteiger partial charge in [-0.2, -0.15) is 5.10 Å². The predicted octanol–water partition coefficient (Wildman–Crippen LogP) is 4.45. The summed E-state index contributed by atoms with van der Waals surface area (Å²) in [6.45, 7) is 4.51. The molecule has 0 bridgehead atoms. The van der Waals surface area contributed by atoms with Crippen molar-refractivity contribution in [3.63, 3.8) is 0 Å². The van der Waals surface area contributed by atoms with E-state index in [1.807, 2.05) is 52.8 Å². The number of hydrogen-bond acceptors (Lipinski definition) is 5. The fourth-order valence-corrected chi connectivity index (χ4v) is 3.71. The van der Waals surface area contributed by atoms with E-state index in [0.29, 0.717) is 29.5 Å². The molecule has 0 atom stereocenters. The summed E-state index contributed by atoms with van der Waals surface area (Å²) in [6, 6.07) is 9.45. The number of imidazole rings is 1. The highest BCUT2D eigenvalue weighted by atomic mass is 16.5. The molecule has 4 aromatic rings. The highest BCUT2D eigenvalue weighted by Gasteiger charge is 2.28. The SMILES string of the molecule is CC(C)n1ncc2c(C(=O)Nc3ccc(OCc4nccn4C)cc3)cc(C3CC3)nc21. The van der Waals surface area contributed by atoms with E-state index in [9.17, 15) is 4.79 Å². The van der Waals surface area contributed by atoms with E-state index in [4.69, 9.17) is 9.72 Å². The molecule has 0 saturated heterocycles. The van der Waals surface area contributed by atoms with E-state index in [0.717, 1.165) is 35.4 Å². The Morgan fingerprint density at radius 3 is 2.69 bits per heavy atom. The number of hydrogen-bond donors (Lipinski definition) is 1. The van der Waals surface area contributed by atoms with E-state index in [-0.39, 0.29) is 11.9 Å². The summed E-state index contributed by atoms with van der Waals surface area (Å²) in [5.74, 6) is 1.84. The van der Waals surface area contributed by atoms with Crippen molar-refractivity contribution in [2.24, 2.45) is 7.05 Å². The van der Waals surface area contributed by atoms with Gasteiger partial charge >= 0.3 is 0 Å². The number of carbonyl (C=O) groups is 1. The summed E-state index contributed by atoms with van der Waals surface area (Å²) in [6.07, 6.45) is 7.60. The Morgan fingerprint density at radius 1 is 1.25 bits per heavy atom. The number of fused-ring (bicyclic) bond motifs is 1. The Hall–Kier alpha value is -3.68. The van der Waals surface area contributed by atoms with Crippen LogP contribution < -0.4 is 10.1 Å². The maximum atomic E-state index is 13.2. The van der Waals surface area contributed by atoms with Crippen LogP contribution in [0.4, 0.5) is 5.69 Å². The number of aryl methyl sites for hydroxylation is 1. The van der Waals surface area contributed by atoms with Gasteiger partial charge in [0.15, 0.2) is 5.65 Å². The second-order valence-electron chi connectivity index (χ2n) is 8.51. The zero-order valence-electron chi connectivity index (χ0n) is 18.4. The summed E-state index contributed by atoms with van der Waals surface area (Å²) in [5, 5.41) is 8.26.